The van der Waals surface area contributed by atoms with Gasteiger partial charge in [0.05, 0.1) is 0 Å². The monoisotopic (exact) mass is 266 g/mol. The maximum Gasteiger partial charge on any atom is 0.165 e. The smallest absolute Gasteiger partial charge is 0.165 e. The molecular formula is C17H18N2O. The third kappa shape index (κ3) is 2.44. The van der Waals surface area contributed by atoms with Crippen LogP contribution in [0.2, 0.25) is 0 Å². The predicted octanol–water partition coefficient (Wildman–Crippen LogP) is 3.77. The summed E-state index contributed by atoms with van der Waals surface area (Å²) >= 11 is 0. The molecule has 1 saturated carbocycles. The number of benzene rings is 1. The summed E-state index contributed by atoms with van der Waals surface area (Å²) in [5.41, 5.74) is 2.98. The molecule has 0 saturated heterocycles. The van der Waals surface area contributed by atoms with Crippen molar-refractivity contribution >= 4 is 11.6 Å². The second-order valence-electron chi connectivity index (χ2n) is 5.25. The zero-order valence-corrected chi connectivity index (χ0v) is 11.6. The normalized spacial score (nSPS) is 14.7. The van der Waals surface area contributed by atoms with Gasteiger partial charge in [0.2, 0.25) is 0 Å². The third-order valence-electron chi connectivity index (χ3n) is 4.00. The van der Waals surface area contributed by atoms with Crippen LogP contribution < -0.4 is 5.32 Å². The van der Waals surface area contributed by atoms with Crippen LogP contribution in [0.15, 0.2) is 42.6 Å². The van der Waals surface area contributed by atoms with Gasteiger partial charge in [-0.15, -0.1) is 0 Å². The molecule has 1 N–H and O–H groups in total. The number of Topliss-reactive ketones (excluding diaryl/α,β-unsaturated/α-hetero) is 1. The van der Waals surface area contributed by atoms with Crippen molar-refractivity contribution in [3.05, 3.63) is 48.2 Å². The number of nitrogens with zero attached hydrogens (tertiary/aromatic N) is 1. The topological polar surface area (TPSA) is 42.0 Å². The molecule has 3 nitrogen and oxygen atoms in total. The van der Waals surface area contributed by atoms with Crippen molar-refractivity contribution in [3.8, 4) is 11.1 Å². The Kier molecular flexibility index (Phi) is 3.50. The van der Waals surface area contributed by atoms with Crippen LogP contribution in [-0.2, 0) is 0 Å². The Morgan fingerprint density at radius 3 is 2.30 bits per heavy atom. The predicted molar refractivity (Wildman–Crippen MR) is 80.9 cm³/mol. The molecule has 0 atom stereocenters. The molecular weight excluding hydrogens is 248 g/mol. The minimum absolute atomic E-state index is 0.262. The molecule has 1 aliphatic carbocycles. The molecule has 1 heterocycles. The summed E-state index contributed by atoms with van der Waals surface area (Å²) in [6, 6.07) is 11.8. The maximum atomic E-state index is 12.1. The third-order valence-corrected chi connectivity index (χ3v) is 4.00. The summed E-state index contributed by atoms with van der Waals surface area (Å²) < 4.78 is 0. The number of rotatable bonds is 4. The van der Waals surface area contributed by atoms with E-state index in [2.05, 4.69) is 10.3 Å². The molecule has 1 fully saturated rings. The minimum Gasteiger partial charge on any atom is -0.373 e. The van der Waals surface area contributed by atoms with Gasteiger partial charge in [-0.1, -0.05) is 30.7 Å². The fourth-order valence-electron chi connectivity index (χ4n) is 2.45. The molecule has 0 unspecified atom stereocenters. The van der Waals surface area contributed by atoms with Crippen molar-refractivity contribution in [2.75, 3.05) is 12.4 Å². The van der Waals surface area contributed by atoms with E-state index in [1.807, 2.05) is 49.6 Å². The van der Waals surface area contributed by atoms with Crippen molar-refractivity contribution < 1.29 is 4.79 Å². The Morgan fingerprint density at radius 1 is 1.10 bits per heavy atom. The average Bonchev–Trinajstić information content (AvgIpc) is 2.46. The van der Waals surface area contributed by atoms with Crippen LogP contribution >= 0.6 is 0 Å². The maximum absolute atomic E-state index is 12.1. The van der Waals surface area contributed by atoms with Crippen molar-refractivity contribution in [2.24, 2.45) is 5.92 Å². The Hall–Kier alpha value is -2.16. The fourth-order valence-corrected chi connectivity index (χ4v) is 2.45. The molecule has 1 aromatic heterocycles. The van der Waals surface area contributed by atoms with Gasteiger partial charge in [0.1, 0.15) is 5.82 Å². The highest BCUT2D eigenvalue weighted by atomic mass is 16.1. The number of ketones is 1. The molecule has 0 bridgehead atoms. The van der Waals surface area contributed by atoms with Crippen molar-refractivity contribution in [2.45, 2.75) is 19.3 Å². The van der Waals surface area contributed by atoms with E-state index in [0.717, 1.165) is 35.3 Å². The van der Waals surface area contributed by atoms with E-state index in [0.29, 0.717) is 5.78 Å². The quantitative estimate of drug-likeness (QED) is 0.856. The molecule has 1 aromatic carbocycles. The number of aromatic nitrogens is 1. The molecule has 3 rings (SSSR count). The van der Waals surface area contributed by atoms with Gasteiger partial charge < -0.3 is 5.32 Å². The number of pyridine rings is 1. The van der Waals surface area contributed by atoms with Crippen LogP contribution in [0.1, 0.15) is 29.6 Å². The van der Waals surface area contributed by atoms with Gasteiger partial charge in [-0.25, -0.2) is 4.98 Å². The summed E-state index contributed by atoms with van der Waals surface area (Å²) in [6.45, 7) is 0. The van der Waals surface area contributed by atoms with E-state index < -0.39 is 0 Å². The summed E-state index contributed by atoms with van der Waals surface area (Å²) in [7, 11) is 1.85. The zero-order valence-electron chi connectivity index (χ0n) is 11.6. The van der Waals surface area contributed by atoms with Gasteiger partial charge in [-0.3, -0.25) is 4.79 Å². The van der Waals surface area contributed by atoms with Crippen LogP contribution in [0.25, 0.3) is 11.1 Å². The largest absolute Gasteiger partial charge is 0.373 e. The number of anilines is 1. The Bertz CT molecular complexity index is 598. The molecule has 0 aliphatic heterocycles. The van der Waals surface area contributed by atoms with Gasteiger partial charge >= 0.3 is 0 Å². The number of carbonyl (C=O) groups excluding carboxylic acids is 1. The Balaban J connectivity index is 1.79. The summed E-state index contributed by atoms with van der Waals surface area (Å²) in [4.78, 5) is 16.4. The SMILES string of the molecule is CNc1ccc(-c2ccc(C(=O)C3CCC3)cc2)cn1. The van der Waals surface area contributed by atoms with Crippen LogP contribution in [0.3, 0.4) is 0 Å². The highest BCUT2D eigenvalue weighted by molar-refractivity contribution is 5.98. The van der Waals surface area contributed by atoms with E-state index in [-0.39, 0.29) is 5.92 Å². The van der Waals surface area contributed by atoms with E-state index in [1.165, 1.54) is 6.42 Å². The van der Waals surface area contributed by atoms with Crippen LogP contribution in [-0.4, -0.2) is 17.8 Å². The standard InChI is InChI=1S/C17H18N2O/c1-18-16-10-9-15(11-19-16)12-5-7-14(8-6-12)17(20)13-3-2-4-13/h5-11,13H,2-4H2,1H3,(H,18,19). The van der Waals surface area contributed by atoms with Gasteiger partial charge in [-0.2, -0.15) is 0 Å². The number of carbonyl (C=O) groups is 1. The van der Waals surface area contributed by atoms with Crippen molar-refractivity contribution in [1.29, 1.82) is 0 Å². The van der Waals surface area contributed by atoms with E-state index in [1.54, 1.807) is 0 Å². The van der Waals surface area contributed by atoms with Crippen LogP contribution in [0, 0.1) is 5.92 Å². The first-order chi connectivity index (χ1) is 9.78. The molecule has 0 spiro atoms. The van der Waals surface area contributed by atoms with Crippen molar-refractivity contribution in [1.82, 2.24) is 4.98 Å². The van der Waals surface area contributed by atoms with Gasteiger partial charge in [-0.05, 0) is 30.5 Å². The number of hydrogen-bond donors (Lipinski definition) is 1. The van der Waals surface area contributed by atoms with Gasteiger partial charge in [0, 0.05) is 30.3 Å². The minimum atomic E-state index is 0.262. The fraction of sp³-hybridized carbons (Fsp3) is 0.294. The summed E-state index contributed by atoms with van der Waals surface area (Å²) in [5.74, 6) is 1.41. The van der Waals surface area contributed by atoms with Gasteiger partial charge in [0.15, 0.2) is 5.78 Å². The molecule has 2 aromatic rings. The summed E-state index contributed by atoms with van der Waals surface area (Å²) in [6.07, 6.45) is 5.14. The Morgan fingerprint density at radius 2 is 1.80 bits per heavy atom. The first kappa shape index (κ1) is 12.9. The van der Waals surface area contributed by atoms with E-state index in [9.17, 15) is 4.79 Å². The van der Waals surface area contributed by atoms with Crippen molar-refractivity contribution in [3.63, 3.8) is 0 Å². The number of hydrogen-bond acceptors (Lipinski definition) is 3. The van der Waals surface area contributed by atoms with E-state index >= 15 is 0 Å². The second-order valence-corrected chi connectivity index (χ2v) is 5.25. The highest BCUT2D eigenvalue weighted by Crippen LogP contribution is 2.30. The number of nitrogens with one attached hydrogen (secondary N) is 1. The van der Waals surface area contributed by atoms with Crippen LogP contribution in [0.4, 0.5) is 5.82 Å². The lowest BCUT2D eigenvalue weighted by Crippen LogP contribution is -2.21. The van der Waals surface area contributed by atoms with Crippen LogP contribution in [0.5, 0.6) is 0 Å². The first-order valence-corrected chi connectivity index (χ1v) is 7.06. The highest BCUT2D eigenvalue weighted by Gasteiger charge is 2.25. The van der Waals surface area contributed by atoms with E-state index in [4.69, 9.17) is 0 Å². The molecule has 0 amide bonds. The molecule has 3 heteroatoms. The lowest BCUT2D eigenvalue weighted by Gasteiger charge is -2.23. The molecule has 0 radical (unpaired) electrons. The molecule has 1 aliphatic rings. The Labute approximate surface area is 119 Å². The zero-order chi connectivity index (χ0) is 13.9. The molecule has 102 valence electrons. The lowest BCUT2D eigenvalue weighted by atomic mass is 9.80. The molecule has 20 heavy (non-hydrogen) atoms. The average molecular weight is 266 g/mol. The lowest BCUT2D eigenvalue weighted by molar-refractivity contribution is 0.0855. The second kappa shape index (κ2) is 5.45. The summed E-state index contributed by atoms with van der Waals surface area (Å²) in [5, 5.41) is 3.00. The van der Waals surface area contributed by atoms with Gasteiger partial charge in [0.25, 0.3) is 0 Å². The first-order valence-electron chi connectivity index (χ1n) is 7.06.